The van der Waals surface area contributed by atoms with Crippen LogP contribution in [0.4, 0.5) is 11.4 Å². The van der Waals surface area contributed by atoms with E-state index in [1.807, 2.05) is 0 Å². The molecular formula is C62H47N. The van der Waals surface area contributed by atoms with Crippen LogP contribution in [0.25, 0.3) is 50.1 Å². The molecule has 0 spiro atoms. The summed E-state index contributed by atoms with van der Waals surface area (Å²) in [4.78, 5) is 2.61. The smallest absolute Gasteiger partial charge is 0.0711 e. The lowest BCUT2D eigenvalue weighted by Crippen LogP contribution is -2.39. The Morgan fingerprint density at radius 1 is 0.365 bits per heavy atom. The van der Waals surface area contributed by atoms with Crippen LogP contribution >= 0.6 is 0 Å². The minimum Gasteiger partial charge on any atom is -0.333 e. The van der Waals surface area contributed by atoms with Gasteiger partial charge in [0, 0.05) is 11.4 Å². The largest absolute Gasteiger partial charge is 0.333 e. The Balaban J connectivity index is 1.16. The van der Waals surface area contributed by atoms with Crippen molar-refractivity contribution in [2.45, 2.75) is 18.4 Å². The Kier molecular flexibility index (Phi) is 9.87. The van der Waals surface area contributed by atoms with E-state index in [4.69, 9.17) is 0 Å². The number of hydrogen-bond acceptors (Lipinski definition) is 1. The van der Waals surface area contributed by atoms with Gasteiger partial charge in [-0.1, -0.05) is 225 Å². The van der Waals surface area contributed by atoms with Gasteiger partial charge in [-0.3, -0.25) is 0 Å². The zero-order valence-electron chi connectivity index (χ0n) is 35.4. The third-order valence-corrected chi connectivity index (χ3v) is 13.3. The van der Waals surface area contributed by atoms with E-state index in [1.165, 1.54) is 77.9 Å². The molecule has 1 nitrogen and oxygen atoms in total. The molecule has 9 aromatic rings. The molecule has 0 bridgehead atoms. The number of allylic oxidation sites excluding steroid dienone is 2. The first-order valence-electron chi connectivity index (χ1n) is 22.1. The molecule has 2 atom stereocenters. The van der Waals surface area contributed by atoms with Gasteiger partial charge < -0.3 is 4.90 Å². The molecule has 0 radical (unpaired) electrons. The summed E-state index contributed by atoms with van der Waals surface area (Å²) in [6.45, 7) is 2.39. The second kappa shape index (κ2) is 16.3. The Morgan fingerprint density at radius 3 is 1.21 bits per heavy atom. The predicted octanol–water partition coefficient (Wildman–Crippen LogP) is 15.9. The summed E-state index contributed by atoms with van der Waals surface area (Å²) >= 11 is 0. The van der Waals surface area contributed by atoms with E-state index in [0.29, 0.717) is 0 Å². The first-order chi connectivity index (χ1) is 31.2. The zero-order valence-corrected chi connectivity index (χ0v) is 35.4. The Hall–Kier alpha value is -7.74. The molecule has 0 heterocycles. The molecule has 0 saturated carbocycles. The van der Waals surface area contributed by atoms with E-state index >= 15 is 0 Å². The maximum Gasteiger partial charge on any atom is 0.0711 e. The molecule has 2 unspecified atom stereocenters. The zero-order chi connectivity index (χ0) is 42.2. The topological polar surface area (TPSA) is 3.24 Å². The maximum absolute atomic E-state index is 2.61. The SMILES string of the molecule is CC1C=CC2=C(c3ccccc3C2(c2cccc(-c3ccccc3)c2)c2cccc(-c3ccccc3)c2)C1N(c1ccc(-c2ccccc2)cc1)c1ccc(-c2ccccc2)cc1. The Morgan fingerprint density at radius 2 is 0.746 bits per heavy atom. The van der Waals surface area contributed by atoms with Gasteiger partial charge in [0.05, 0.1) is 11.5 Å². The summed E-state index contributed by atoms with van der Waals surface area (Å²) in [6, 6.07) is 89.2. The molecular weight excluding hydrogens is 759 g/mol. The fraction of sp³-hybridized carbons (Fsp3) is 0.0645. The lowest BCUT2D eigenvalue weighted by Gasteiger charge is -2.42. The van der Waals surface area contributed by atoms with E-state index in [2.05, 4.69) is 267 Å². The molecule has 300 valence electrons. The number of benzene rings is 9. The van der Waals surface area contributed by atoms with Gasteiger partial charge in [0.2, 0.25) is 0 Å². The van der Waals surface area contributed by atoms with Gasteiger partial charge in [0.25, 0.3) is 0 Å². The highest BCUT2D eigenvalue weighted by molar-refractivity contribution is 5.94. The summed E-state index contributed by atoms with van der Waals surface area (Å²) in [5.74, 6) is 0.182. The average Bonchev–Trinajstić information content (AvgIpc) is 3.67. The highest BCUT2D eigenvalue weighted by Crippen LogP contribution is 2.59. The molecule has 9 aromatic carbocycles. The van der Waals surface area contributed by atoms with Crippen LogP contribution in [0.2, 0.25) is 0 Å². The van der Waals surface area contributed by atoms with E-state index in [1.54, 1.807) is 0 Å². The number of rotatable bonds is 9. The van der Waals surface area contributed by atoms with Gasteiger partial charge in [-0.25, -0.2) is 0 Å². The molecule has 0 aromatic heterocycles. The van der Waals surface area contributed by atoms with E-state index in [9.17, 15) is 0 Å². The van der Waals surface area contributed by atoms with Gasteiger partial charge in [-0.2, -0.15) is 0 Å². The highest BCUT2D eigenvalue weighted by atomic mass is 15.2. The molecule has 0 saturated heterocycles. The quantitative estimate of drug-likeness (QED) is 0.140. The van der Waals surface area contributed by atoms with Gasteiger partial charge in [0.1, 0.15) is 0 Å². The second-order valence-electron chi connectivity index (χ2n) is 16.9. The molecule has 63 heavy (non-hydrogen) atoms. The normalized spacial score (nSPS) is 16.0. The summed E-state index contributed by atoms with van der Waals surface area (Å²) < 4.78 is 0. The molecule has 2 aliphatic carbocycles. The highest BCUT2D eigenvalue weighted by Gasteiger charge is 2.51. The standard InChI is InChI=1S/C62H47N/c1-44-32-41-59-60(61(44)63(55-37-33-49(34-38-55)45-18-6-2-7-19-45)56-39-35-50(36-40-56)46-20-8-3-9-21-46)57-30-14-15-31-58(57)62(59,53-28-16-26-51(42-53)47-22-10-4-11-23-47)54-29-17-27-52(43-54)48-24-12-5-13-25-48/h2-44,61H,1H3. The maximum atomic E-state index is 2.61. The number of anilines is 2. The first-order valence-corrected chi connectivity index (χ1v) is 22.1. The van der Waals surface area contributed by atoms with Crippen molar-refractivity contribution in [3.05, 3.63) is 283 Å². The minimum atomic E-state index is -0.601. The molecule has 0 N–H and O–H groups in total. The predicted molar refractivity (Wildman–Crippen MR) is 265 cm³/mol. The monoisotopic (exact) mass is 805 g/mol. The molecule has 0 fully saturated rings. The Bertz CT molecular complexity index is 2920. The van der Waals surface area contributed by atoms with Crippen LogP contribution < -0.4 is 4.90 Å². The van der Waals surface area contributed by atoms with Crippen molar-refractivity contribution in [2.24, 2.45) is 5.92 Å². The minimum absolute atomic E-state index is 0.0206. The lowest BCUT2D eigenvalue weighted by atomic mass is 9.65. The molecule has 0 amide bonds. The van der Waals surface area contributed by atoms with Crippen LogP contribution in [0.1, 0.15) is 29.2 Å². The Labute approximate surface area is 371 Å². The van der Waals surface area contributed by atoms with Crippen molar-refractivity contribution in [3.8, 4) is 44.5 Å². The summed E-state index contributed by atoms with van der Waals surface area (Å²) in [5.41, 5.74) is 19.2. The van der Waals surface area contributed by atoms with Crippen LogP contribution in [-0.2, 0) is 5.41 Å². The summed E-state index contributed by atoms with van der Waals surface area (Å²) in [6.07, 6.45) is 4.94. The van der Waals surface area contributed by atoms with Gasteiger partial charge >= 0.3 is 0 Å². The van der Waals surface area contributed by atoms with Crippen molar-refractivity contribution in [3.63, 3.8) is 0 Å². The lowest BCUT2D eigenvalue weighted by molar-refractivity contribution is 0.615. The van der Waals surface area contributed by atoms with E-state index < -0.39 is 5.41 Å². The summed E-state index contributed by atoms with van der Waals surface area (Å²) in [7, 11) is 0. The van der Waals surface area contributed by atoms with Crippen LogP contribution in [0.3, 0.4) is 0 Å². The number of nitrogens with zero attached hydrogens (tertiary/aromatic N) is 1. The fourth-order valence-electron chi connectivity index (χ4n) is 10.3. The number of fused-ring (bicyclic) bond motifs is 2. The van der Waals surface area contributed by atoms with E-state index in [0.717, 1.165) is 11.4 Å². The van der Waals surface area contributed by atoms with Crippen molar-refractivity contribution in [2.75, 3.05) is 4.90 Å². The number of hydrogen-bond donors (Lipinski definition) is 0. The average molecular weight is 806 g/mol. The van der Waals surface area contributed by atoms with E-state index in [-0.39, 0.29) is 12.0 Å². The van der Waals surface area contributed by atoms with Crippen LogP contribution in [0, 0.1) is 5.92 Å². The summed E-state index contributed by atoms with van der Waals surface area (Å²) in [5, 5.41) is 0. The van der Waals surface area contributed by atoms with Gasteiger partial charge in [0.15, 0.2) is 0 Å². The third kappa shape index (κ3) is 6.74. The molecule has 0 aliphatic heterocycles. The van der Waals surface area contributed by atoms with Gasteiger partial charge in [-0.15, -0.1) is 0 Å². The van der Waals surface area contributed by atoms with Crippen LogP contribution in [-0.4, -0.2) is 6.04 Å². The molecule has 11 rings (SSSR count). The second-order valence-corrected chi connectivity index (χ2v) is 16.9. The molecule has 1 heteroatoms. The van der Waals surface area contributed by atoms with Crippen molar-refractivity contribution < 1.29 is 0 Å². The third-order valence-electron chi connectivity index (χ3n) is 13.3. The first kappa shape index (κ1) is 38.2. The van der Waals surface area contributed by atoms with Crippen LogP contribution in [0.5, 0.6) is 0 Å². The molecule has 2 aliphatic rings. The van der Waals surface area contributed by atoms with Crippen molar-refractivity contribution >= 4 is 16.9 Å². The van der Waals surface area contributed by atoms with Gasteiger partial charge in [-0.05, 0) is 120 Å². The fourth-order valence-corrected chi connectivity index (χ4v) is 10.3. The van der Waals surface area contributed by atoms with Crippen molar-refractivity contribution in [1.29, 1.82) is 0 Å². The van der Waals surface area contributed by atoms with Crippen molar-refractivity contribution in [1.82, 2.24) is 0 Å². The van der Waals surface area contributed by atoms with Crippen LogP contribution in [0.15, 0.2) is 260 Å².